The number of rotatable bonds is 5. The van der Waals surface area contributed by atoms with Gasteiger partial charge in [0.1, 0.15) is 10.8 Å². The number of thiophene rings is 1. The van der Waals surface area contributed by atoms with E-state index in [9.17, 15) is 4.79 Å². The first kappa shape index (κ1) is 17.2. The predicted molar refractivity (Wildman–Crippen MR) is 108 cm³/mol. The van der Waals surface area contributed by atoms with Crippen molar-refractivity contribution in [3.8, 4) is 10.8 Å². The van der Waals surface area contributed by atoms with Gasteiger partial charge in [0.15, 0.2) is 0 Å². The molecule has 0 radical (unpaired) electrons. The first-order valence-electron chi connectivity index (χ1n) is 8.53. The average Bonchev–Trinajstić information content (AvgIpc) is 3.33. The number of benzene rings is 1. The van der Waals surface area contributed by atoms with Crippen LogP contribution in [0, 0.1) is 0 Å². The third kappa shape index (κ3) is 3.39. The highest BCUT2D eigenvalue weighted by atomic mass is 32.2. The molecule has 1 amide bonds. The van der Waals surface area contributed by atoms with E-state index in [-0.39, 0.29) is 5.91 Å². The van der Waals surface area contributed by atoms with E-state index in [0.717, 1.165) is 39.8 Å². The second-order valence-corrected chi connectivity index (χ2v) is 8.30. The Balaban J connectivity index is 1.59. The lowest BCUT2D eigenvalue weighted by molar-refractivity contribution is 0.0950. The molecule has 0 atom stereocenters. The Bertz CT molecular complexity index is 899. The predicted octanol–water partition coefficient (Wildman–Crippen LogP) is 4.27. The van der Waals surface area contributed by atoms with Gasteiger partial charge >= 0.3 is 0 Å². The van der Waals surface area contributed by atoms with Gasteiger partial charge in [-0.2, -0.15) is 11.8 Å². The van der Waals surface area contributed by atoms with Gasteiger partial charge in [0.25, 0.3) is 5.91 Å². The van der Waals surface area contributed by atoms with Crippen LogP contribution in [0.1, 0.15) is 26.4 Å². The number of carbonyl (C=O) groups excluding carboxylic acids is 1. The lowest BCUT2D eigenvalue weighted by atomic mass is 10.1. The minimum atomic E-state index is 0.00826. The molecule has 0 spiro atoms. The Labute approximate surface area is 161 Å². The van der Waals surface area contributed by atoms with Crippen molar-refractivity contribution < 1.29 is 9.53 Å². The minimum Gasteiger partial charge on any atom is -0.497 e. The summed E-state index contributed by atoms with van der Waals surface area (Å²) in [6, 6.07) is 11.8. The van der Waals surface area contributed by atoms with Crippen LogP contribution in [0.3, 0.4) is 0 Å². The monoisotopic (exact) mass is 384 g/mol. The lowest BCUT2D eigenvalue weighted by Crippen LogP contribution is -2.25. The van der Waals surface area contributed by atoms with Gasteiger partial charge in [-0.25, -0.2) is 0 Å². The summed E-state index contributed by atoms with van der Waals surface area (Å²) in [6.07, 6.45) is 4.97. The van der Waals surface area contributed by atoms with E-state index in [0.29, 0.717) is 6.54 Å². The molecular formula is C20H20N2O2S2. The van der Waals surface area contributed by atoms with E-state index in [2.05, 4.69) is 9.88 Å². The summed E-state index contributed by atoms with van der Waals surface area (Å²) in [6.45, 7) is 0.507. The lowest BCUT2D eigenvalue weighted by Gasteiger charge is -2.13. The van der Waals surface area contributed by atoms with Crippen molar-refractivity contribution in [3.05, 3.63) is 70.4 Å². The zero-order chi connectivity index (χ0) is 17.9. The zero-order valence-corrected chi connectivity index (χ0v) is 16.2. The fraction of sp³-hybridized carbons (Fsp3) is 0.250. The van der Waals surface area contributed by atoms with Gasteiger partial charge in [0.2, 0.25) is 0 Å². The molecule has 1 aromatic carbocycles. The van der Waals surface area contributed by atoms with Crippen LogP contribution in [-0.2, 0) is 18.7 Å². The molecule has 0 bridgehead atoms. The molecular weight excluding hydrogens is 364 g/mol. The number of nitrogens with one attached hydrogen (secondary N) is 1. The molecule has 134 valence electrons. The Kier molecular flexibility index (Phi) is 5.04. The van der Waals surface area contributed by atoms with Crippen LogP contribution < -0.4 is 10.1 Å². The molecule has 2 aromatic heterocycles. The van der Waals surface area contributed by atoms with Crippen molar-refractivity contribution in [1.82, 2.24) is 9.88 Å². The number of methoxy groups -OCH3 is 1. The second-order valence-electron chi connectivity index (χ2n) is 6.11. The number of fused-ring (bicyclic) bond motifs is 1. The maximum atomic E-state index is 13.0. The number of nitrogens with zero attached hydrogens (tertiary/aromatic N) is 1. The summed E-state index contributed by atoms with van der Waals surface area (Å²) in [4.78, 5) is 14.4. The van der Waals surface area contributed by atoms with Crippen LogP contribution in [0.5, 0.6) is 5.75 Å². The maximum absolute atomic E-state index is 13.0. The normalized spacial score (nSPS) is 13.3. The molecule has 1 aliphatic heterocycles. The quantitative estimate of drug-likeness (QED) is 0.714. The maximum Gasteiger partial charge on any atom is 0.254 e. The molecule has 4 rings (SSSR count). The zero-order valence-electron chi connectivity index (χ0n) is 14.5. The first-order valence-corrected chi connectivity index (χ1v) is 10.5. The number of amides is 1. The Morgan fingerprint density at radius 2 is 2.00 bits per heavy atom. The molecule has 0 unspecified atom stereocenters. The Morgan fingerprint density at radius 1 is 1.23 bits per heavy atom. The van der Waals surface area contributed by atoms with E-state index >= 15 is 0 Å². The fourth-order valence-corrected chi connectivity index (χ4v) is 5.56. The van der Waals surface area contributed by atoms with Crippen molar-refractivity contribution in [2.45, 2.75) is 18.7 Å². The number of carbonyl (C=O) groups is 1. The second kappa shape index (κ2) is 7.60. The first-order chi connectivity index (χ1) is 12.8. The SMILES string of the molecule is COc1ccc(CNC(=O)c2c(-n3cccc3)sc3c2CCSC3)cc1. The molecule has 4 nitrogen and oxygen atoms in total. The van der Waals surface area contributed by atoms with E-state index < -0.39 is 0 Å². The highest BCUT2D eigenvalue weighted by Crippen LogP contribution is 2.38. The van der Waals surface area contributed by atoms with Gasteiger partial charge in [-0.3, -0.25) is 4.79 Å². The third-order valence-corrected chi connectivity index (χ3v) is 6.89. The van der Waals surface area contributed by atoms with Crippen molar-refractivity contribution in [2.75, 3.05) is 12.9 Å². The molecule has 0 fully saturated rings. The van der Waals surface area contributed by atoms with Crippen molar-refractivity contribution in [3.63, 3.8) is 0 Å². The van der Waals surface area contributed by atoms with Crippen molar-refractivity contribution >= 4 is 29.0 Å². The topological polar surface area (TPSA) is 43.3 Å². The van der Waals surface area contributed by atoms with E-state index in [1.54, 1.807) is 18.4 Å². The van der Waals surface area contributed by atoms with Crippen molar-refractivity contribution in [2.24, 2.45) is 0 Å². The third-order valence-electron chi connectivity index (χ3n) is 4.48. The van der Waals surface area contributed by atoms with Gasteiger partial charge < -0.3 is 14.6 Å². The number of thioether (sulfide) groups is 1. The van der Waals surface area contributed by atoms with Gasteiger partial charge in [-0.1, -0.05) is 12.1 Å². The highest BCUT2D eigenvalue weighted by Gasteiger charge is 2.26. The smallest absolute Gasteiger partial charge is 0.254 e. The summed E-state index contributed by atoms with van der Waals surface area (Å²) >= 11 is 3.68. The van der Waals surface area contributed by atoms with Gasteiger partial charge in [-0.05, 0) is 47.6 Å². The molecule has 3 aromatic rings. The summed E-state index contributed by atoms with van der Waals surface area (Å²) < 4.78 is 7.23. The van der Waals surface area contributed by atoms with E-state index in [1.165, 1.54) is 10.4 Å². The molecule has 3 heterocycles. The summed E-state index contributed by atoms with van der Waals surface area (Å²) in [5.74, 6) is 2.90. The number of hydrogen-bond donors (Lipinski definition) is 1. The standard InChI is InChI=1S/C20H20N2O2S2/c1-24-15-6-4-14(5-7-15)12-21-19(23)18-16-8-11-25-13-17(16)26-20(18)22-9-2-3-10-22/h2-7,9-10H,8,11-13H2,1H3,(H,21,23). The Morgan fingerprint density at radius 3 is 2.73 bits per heavy atom. The van der Waals surface area contributed by atoms with Crippen LogP contribution in [0.4, 0.5) is 0 Å². The summed E-state index contributed by atoms with van der Waals surface area (Å²) in [5.41, 5.74) is 3.13. The number of aromatic nitrogens is 1. The molecule has 0 aliphatic carbocycles. The largest absolute Gasteiger partial charge is 0.497 e. The molecule has 1 aliphatic rings. The van der Waals surface area contributed by atoms with Crippen LogP contribution in [0.25, 0.3) is 5.00 Å². The van der Waals surface area contributed by atoms with Crippen LogP contribution >= 0.6 is 23.1 Å². The summed E-state index contributed by atoms with van der Waals surface area (Å²) in [7, 11) is 1.65. The number of ether oxygens (including phenoxy) is 1. The van der Waals surface area contributed by atoms with Crippen LogP contribution in [0.2, 0.25) is 0 Å². The molecule has 0 saturated carbocycles. The Hall–Kier alpha value is -2.18. The van der Waals surface area contributed by atoms with E-state index in [4.69, 9.17) is 4.74 Å². The summed E-state index contributed by atoms with van der Waals surface area (Å²) in [5, 5.41) is 4.12. The van der Waals surface area contributed by atoms with E-state index in [1.807, 2.05) is 60.6 Å². The van der Waals surface area contributed by atoms with Crippen LogP contribution in [0.15, 0.2) is 48.8 Å². The van der Waals surface area contributed by atoms with Gasteiger partial charge in [0, 0.05) is 29.6 Å². The van der Waals surface area contributed by atoms with Crippen molar-refractivity contribution in [1.29, 1.82) is 0 Å². The van der Waals surface area contributed by atoms with Gasteiger partial charge in [0.05, 0.1) is 12.7 Å². The fourth-order valence-electron chi connectivity index (χ4n) is 3.12. The number of hydrogen-bond acceptors (Lipinski definition) is 4. The highest BCUT2D eigenvalue weighted by molar-refractivity contribution is 7.98. The molecule has 0 saturated heterocycles. The van der Waals surface area contributed by atoms with Gasteiger partial charge in [-0.15, -0.1) is 11.3 Å². The minimum absolute atomic E-state index is 0.00826. The molecule has 1 N–H and O–H groups in total. The molecule has 6 heteroatoms. The molecule has 26 heavy (non-hydrogen) atoms. The van der Waals surface area contributed by atoms with Crippen LogP contribution in [-0.4, -0.2) is 23.3 Å². The average molecular weight is 385 g/mol.